The van der Waals surface area contributed by atoms with E-state index in [9.17, 15) is 14.7 Å². The normalized spacial score (nSPS) is 25.9. The van der Waals surface area contributed by atoms with Crippen LogP contribution in [0, 0.1) is 5.92 Å². The van der Waals surface area contributed by atoms with E-state index >= 15 is 0 Å². The Morgan fingerprint density at radius 1 is 1.50 bits per heavy atom. The first-order valence-electron chi connectivity index (χ1n) is 6.68. The number of aliphatic carboxylic acids is 1. The molecule has 6 nitrogen and oxygen atoms in total. The summed E-state index contributed by atoms with van der Waals surface area (Å²) in [4.78, 5) is 27.4. The van der Waals surface area contributed by atoms with Gasteiger partial charge in [-0.3, -0.25) is 0 Å². The lowest BCUT2D eigenvalue weighted by atomic mass is 9.77. The molecule has 0 aromatic carbocycles. The molecule has 2 amide bonds. The van der Waals surface area contributed by atoms with Gasteiger partial charge >= 0.3 is 12.0 Å². The van der Waals surface area contributed by atoms with Gasteiger partial charge in [-0.05, 0) is 31.6 Å². The average Bonchev–Trinajstić information content (AvgIpc) is 2.92. The molecule has 20 heavy (non-hydrogen) atoms. The number of urea groups is 1. The molecule has 2 rings (SSSR count). The smallest absolute Gasteiger partial charge is 0.329 e. The van der Waals surface area contributed by atoms with Crippen molar-refractivity contribution in [2.75, 3.05) is 0 Å². The highest BCUT2D eigenvalue weighted by molar-refractivity contribution is 7.07. The summed E-state index contributed by atoms with van der Waals surface area (Å²) in [5.74, 6) is -0.435. The standard InChI is InChI=1S/C13H19N3O3S/c1-9-2-4-13(5-3-9,11(17)18)16-12(19)14-6-10-7-20-8-15-10/h7-9H,2-6H2,1H3,(H,17,18)(H2,14,16,19). The van der Waals surface area contributed by atoms with Crippen LogP contribution in [0.4, 0.5) is 4.79 Å². The molecule has 110 valence electrons. The number of aromatic nitrogens is 1. The van der Waals surface area contributed by atoms with Crippen molar-refractivity contribution in [2.45, 2.75) is 44.7 Å². The number of carboxylic acids is 1. The van der Waals surface area contributed by atoms with Gasteiger partial charge in [0.05, 0.1) is 17.7 Å². The topological polar surface area (TPSA) is 91.3 Å². The molecule has 0 radical (unpaired) electrons. The molecule has 1 fully saturated rings. The van der Waals surface area contributed by atoms with Crippen LogP contribution >= 0.6 is 11.3 Å². The van der Waals surface area contributed by atoms with Crippen LogP contribution in [0.3, 0.4) is 0 Å². The molecule has 1 aromatic rings. The fourth-order valence-corrected chi connectivity index (χ4v) is 2.96. The van der Waals surface area contributed by atoms with Crippen LogP contribution in [0.25, 0.3) is 0 Å². The summed E-state index contributed by atoms with van der Waals surface area (Å²) < 4.78 is 0. The van der Waals surface area contributed by atoms with Gasteiger partial charge in [-0.2, -0.15) is 0 Å². The Bertz CT molecular complexity index is 467. The highest BCUT2D eigenvalue weighted by Gasteiger charge is 2.42. The molecule has 0 unspecified atom stereocenters. The Morgan fingerprint density at radius 2 is 2.20 bits per heavy atom. The van der Waals surface area contributed by atoms with Crippen molar-refractivity contribution in [1.29, 1.82) is 0 Å². The summed E-state index contributed by atoms with van der Waals surface area (Å²) in [6, 6.07) is -0.449. The van der Waals surface area contributed by atoms with Crippen molar-refractivity contribution < 1.29 is 14.7 Å². The van der Waals surface area contributed by atoms with Crippen LogP contribution in [-0.2, 0) is 11.3 Å². The number of thiazole rings is 1. The third-order valence-corrected chi connectivity index (χ3v) is 4.44. The van der Waals surface area contributed by atoms with Gasteiger partial charge in [0.1, 0.15) is 5.54 Å². The second-order valence-electron chi connectivity index (χ2n) is 5.36. The minimum absolute atomic E-state index is 0.307. The number of carbonyl (C=O) groups excluding carboxylic acids is 1. The molecular weight excluding hydrogens is 278 g/mol. The molecule has 1 aliphatic rings. The van der Waals surface area contributed by atoms with Crippen LogP contribution < -0.4 is 10.6 Å². The van der Waals surface area contributed by atoms with Gasteiger partial charge in [0.15, 0.2) is 0 Å². The molecule has 0 atom stereocenters. The second-order valence-corrected chi connectivity index (χ2v) is 6.08. The summed E-state index contributed by atoms with van der Waals surface area (Å²) in [7, 11) is 0. The largest absolute Gasteiger partial charge is 0.480 e. The Balaban J connectivity index is 1.91. The first kappa shape index (κ1) is 14.8. The maximum absolute atomic E-state index is 11.9. The highest BCUT2D eigenvalue weighted by atomic mass is 32.1. The maximum atomic E-state index is 11.9. The number of rotatable bonds is 4. The van der Waals surface area contributed by atoms with Gasteiger partial charge in [-0.25, -0.2) is 14.6 Å². The van der Waals surface area contributed by atoms with E-state index in [4.69, 9.17) is 0 Å². The van der Waals surface area contributed by atoms with Gasteiger partial charge in [0, 0.05) is 5.38 Å². The van der Waals surface area contributed by atoms with E-state index < -0.39 is 17.5 Å². The molecule has 7 heteroatoms. The maximum Gasteiger partial charge on any atom is 0.329 e. The van der Waals surface area contributed by atoms with Gasteiger partial charge in [0.25, 0.3) is 0 Å². The Hall–Kier alpha value is -1.63. The first-order chi connectivity index (χ1) is 9.52. The van der Waals surface area contributed by atoms with Gasteiger partial charge in [-0.1, -0.05) is 6.92 Å². The molecule has 0 saturated heterocycles. The van der Waals surface area contributed by atoms with Gasteiger partial charge in [-0.15, -0.1) is 11.3 Å². The fourth-order valence-electron chi connectivity index (χ4n) is 2.40. The highest BCUT2D eigenvalue weighted by Crippen LogP contribution is 2.32. The van der Waals surface area contributed by atoms with Crippen molar-refractivity contribution in [3.8, 4) is 0 Å². The zero-order chi connectivity index (χ0) is 14.6. The van der Waals surface area contributed by atoms with Crippen LogP contribution in [0.5, 0.6) is 0 Å². The lowest BCUT2D eigenvalue weighted by Crippen LogP contribution is -2.58. The van der Waals surface area contributed by atoms with Gasteiger partial charge in [0.2, 0.25) is 0 Å². The molecular formula is C13H19N3O3S. The van der Waals surface area contributed by atoms with Crippen molar-refractivity contribution in [3.05, 3.63) is 16.6 Å². The van der Waals surface area contributed by atoms with E-state index in [0.29, 0.717) is 25.3 Å². The van der Waals surface area contributed by atoms with Crippen LogP contribution in [0.2, 0.25) is 0 Å². The number of hydrogen-bond acceptors (Lipinski definition) is 4. The molecule has 0 bridgehead atoms. The zero-order valence-electron chi connectivity index (χ0n) is 11.4. The summed E-state index contributed by atoms with van der Waals surface area (Å²) >= 11 is 1.45. The molecule has 0 spiro atoms. The molecule has 1 aliphatic carbocycles. The van der Waals surface area contributed by atoms with Crippen LogP contribution in [-0.4, -0.2) is 27.6 Å². The Morgan fingerprint density at radius 3 is 2.75 bits per heavy atom. The molecule has 0 aliphatic heterocycles. The number of amides is 2. The van der Waals surface area contributed by atoms with Crippen molar-refractivity contribution in [3.63, 3.8) is 0 Å². The summed E-state index contributed by atoms with van der Waals surface area (Å²) in [5.41, 5.74) is 1.33. The first-order valence-corrected chi connectivity index (χ1v) is 7.62. The zero-order valence-corrected chi connectivity index (χ0v) is 12.2. The SMILES string of the molecule is CC1CCC(NC(=O)NCc2cscn2)(C(=O)O)CC1. The summed E-state index contributed by atoms with van der Waals surface area (Å²) in [5, 5.41) is 16.6. The van der Waals surface area contributed by atoms with E-state index in [-0.39, 0.29) is 0 Å². The minimum Gasteiger partial charge on any atom is -0.480 e. The molecule has 1 aromatic heterocycles. The van der Waals surface area contributed by atoms with E-state index in [2.05, 4.69) is 22.5 Å². The number of nitrogens with zero attached hydrogens (tertiary/aromatic N) is 1. The predicted octanol–water partition coefficient (Wildman–Crippen LogP) is 1.98. The summed E-state index contributed by atoms with van der Waals surface area (Å²) in [6.45, 7) is 2.41. The second kappa shape index (κ2) is 6.21. The molecule has 3 N–H and O–H groups in total. The predicted molar refractivity (Wildman–Crippen MR) is 75.5 cm³/mol. The van der Waals surface area contributed by atoms with E-state index in [1.54, 1.807) is 5.51 Å². The summed E-state index contributed by atoms with van der Waals surface area (Å²) in [6.07, 6.45) is 2.60. The van der Waals surface area contributed by atoms with Crippen molar-refractivity contribution in [2.24, 2.45) is 5.92 Å². The Labute approximate surface area is 121 Å². The lowest BCUT2D eigenvalue weighted by Gasteiger charge is -2.36. The monoisotopic (exact) mass is 297 g/mol. The number of carboxylic acid groups (broad SMARTS) is 1. The van der Waals surface area contributed by atoms with E-state index in [0.717, 1.165) is 18.5 Å². The van der Waals surface area contributed by atoms with E-state index in [1.165, 1.54) is 11.3 Å². The van der Waals surface area contributed by atoms with Crippen molar-refractivity contribution >= 4 is 23.3 Å². The lowest BCUT2D eigenvalue weighted by molar-refractivity contribution is -0.146. The van der Waals surface area contributed by atoms with Crippen LogP contribution in [0.1, 0.15) is 38.3 Å². The van der Waals surface area contributed by atoms with Crippen LogP contribution in [0.15, 0.2) is 10.9 Å². The molecule has 1 saturated carbocycles. The number of nitrogens with one attached hydrogen (secondary N) is 2. The van der Waals surface area contributed by atoms with E-state index in [1.807, 2.05) is 5.38 Å². The minimum atomic E-state index is -1.13. The molecule has 1 heterocycles. The van der Waals surface area contributed by atoms with Crippen molar-refractivity contribution in [1.82, 2.24) is 15.6 Å². The average molecular weight is 297 g/mol. The number of carbonyl (C=O) groups is 2. The Kier molecular flexibility index (Phi) is 4.59. The van der Waals surface area contributed by atoms with Gasteiger partial charge < -0.3 is 15.7 Å². The third kappa shape index (κ3) is 3.47. The fraction of sp³-hybridized carbons (Fsp3) is 0.615. The quantitative estimate of drug-likeness (QED) is 0.792. The third-order valence-electron chi connectivity index (χ3n) is 3.80. The number of hydrogen-bond donors (Lipinski definition) is 3.